The highest BCUT2D eigenvalue weighted by Crippen LogP contribution is 2.44. The van der Waals surface area contributed by atoms with Crippen molar-refractivity contribution in [1.82, 2.24) is 4.90 Å². The highest BCUT2D eigenvalue weighted by atomic mass is 15.1. The molecular weight excluding hydrogens is 230 g/mol. The van der Waals surface area contributed by atoms with E-state index in [1.165, 1.54) is 38.8 Å². The number of rotatable bonds is 0. The minimum absolute atomic E-state index is 0.621. The van der Waals surface area contributed by atoms with E-state index in [0.29, 0.717) is 5.41 Å². The molecule has 0 N–H and O–H groups in total. The third-order valence-electron chi connectivity index (χ3n) is 4.30. The molecule has 1 heteroatoms. The fourth-order valence-corrected chi connectivity index (χ4v) is 3.22. The minimum Gasteiger partial charge on any atom is -0.306 e. The van der Waals surface area contributed by atoms with Crippen molar-refractivity contribution in [3.8, 4) is 12.8 Å². The molecule has 0 atom stereocenters. The molecule has 1 fully saturated rings. The average molecular weight is 257 g/mol. The highest BCUT2D eigenvalue weighted by molar-refractivity contribution is 5.34. The van der Waals surface area contributed by atoms with Crippen LogP contribution in [0.1, 0.15) is 37.8 Å². The fourth-order valence-electron chi connectivity index (χ4n) is 3.22. The molecule has 1 spiro atoms. The maximum atomic E-state index is 4.00. The Morgan fingerprint density at radius 2 is 1.37 bits per heavy atom. The number of fused-ring (bicyclic) bond motifs is 1. The van der Waals surface area contributed by atoms with Gasteiger partial charge >= 0.3 is 0 Å². The van der Waals surface area contributed by atoms with Gasteiger partial charge in [-0.2, -0.15) is 0 Å². The van der Waals surface area contributed by atoms with Crippen molar-refractivity contribution in [2.45, 2.75) is 39.5 Å². The van der Waals surface area contributed by atoms with Gasteiger partial charge in [0, 0.05) is 0 Å². The van der Waals surface area contributed by atoms with Crippen LogP contribution in [-0.2, 0) is 12.8 Å². The fraction of sp³-hybridized carbons (Fsp3) is 0.556. The zero-order valence-electron chi connectivity index (χ0n) is 12.7. The van der Waals surface area contributed by atoms with Crippen LogP contribution in [-0.4, -0.2) is 25.0 Å². The van der Waals surface area contributed by atoms with Gasteiger partial charge in [-0.1, -0.05) is 38.1 Å². The van der Waals surface area contributed by atoms with E-state index in [1.807, 2.05) is 13.8 Å². The topological polar surface area (TPSA) is 3.24 Å². The Morgan fingerprint density at radius 1 is 0.947 bits per heavy atom. The molecule has 1 nitrogen and oxygen atoms in total. The first-order valence-corrected chi connectivity index (χ1v) is 7.36. The van der Waals surface area contributed by atoms with E-state index in [9.17, 15) is 0 Å². The summed E-state index contributed by atoms with van der Waals surface area (Å²) in [4.78, 5) is 2.47. The number of benzene rings is 1. The van der Waals surface area contributed by atoms with E-state index < -0.39 is 0 Å². The molecular formula is C18H27N. The number of piperidine rings is 1. The average Bonchev–Trinajstić information content (AvgIpc) is 2.85. The lowest BCUT2D eigenvalue weighted by Gasteiger charge is -2.37. The number of nitrogens with zero attached hydrogens (tertiary/aromatic N) is 1. The van der Waals surface area contributed by atoms with Gasteiger partial charge in [-0.05, 0) is 62.4 Å². The number of likely N-dealkylation sites (tertiary alicyclic amines) is 1. The van der Waals surface area contributed by atoms with Crippen LogP contribution in [0.25, 0.3) is 0 Å². The van der Waals surface area contributed by atoms with Gasteiger partial charge in [0.25, 0.3) is 0 Å². The summed E-state index contributed by atoms with van der Waals surface area (Å²) in [6, 6.07) is 9.02. The van der Waals surface area contributed by atoms with E-state index in [0.717, 1.165) is 0 Å². The quantitative estimate of drug-likeness (QED) is 0.639. The van der Waals surface area contributed by atoms with E-state index in [1.54, 1.807) is 11.1 Å². The maximum Gasteiger partial charge on any atom is -0.00163 e. The molecule has 0 bridgehead atoms. The molecule has 3 rings (SSSR count). The molecule has 2 aliphatic rings. The number of hydrogen-bond acceptors (Lipinski definition) is 1. The van der Waals surface area contributed by atoms with Crippen molar-refractivity contribution < 1.29 is 0 Å². The Morgan fingerprint density at radius 3 is 1.79 bits per heavy atom. The van der Waals surface area contributed by atoms with Crippen molar-refractivity contribution in [2.24, 2.45) is 5.41 Å². The molecule has 0 unspecified atom stereocenters. The zero-order valence-corrected chi connectivity index (χ0v) is 12.7. The largest absolute Gasteiger partial charge is 0.306 e. The highest BCUT2D eigenvalue weighted by Gasteiger charge is 2.38. The van der Waals surface area contributed by atoms with Gasteiger partial charge in [-0.15, -0.1) is 12.8 Å². The van der Waals surface area contributed by atoms with E-state index in [2.05, 4.69) is 49.1 Å². The standard InChI is InChI=1S/C14H19N.C2H6.C2H2/c1-15-8-6-14(7-9-15)10-12-4-2-3-5-13(12)11-14;2*1-2/h2-5H,6-11H2,1H3;1-2H3;1-2H. The first-order chi connectivity index (χ1) is 9.27. The lowest BCUT2D eigenvalue weighted by molar-refractivity contribution is 0.131. The van der Waals surface area contributed by atoms with Crippen molar-refractivity contribution in [3.05, 3.63) is 35.4 Å². The second-order valence-corrected chi connectivity index (χ2v) is 5.43. The molecule has 1 saturated heterocycles. The molecule has 1 aromatic carbocycles. The summed E-state index contributed by atoms with van der Waals surface area (Å²) in [6.45, 7) is 6.57. The number of terminal acetylenes is 1. The van der Waals surface area contributed by atoms with Crippen LogP contribution in [0.4, 0.5) is 0 Å². The van der Waals surface area contributed by atoms with Gasteiger partial charge in [0.15, 0.2) is 0 Å². The Balaban J connectivity index is 0.000000415. The predicted octanol–water partition coefficient (Wildman–Crippen LogP) is 3.77. The summed E-state index contributed by atoms with van der Waals surface area (Å²) >= 11 is 0. The third kappa shape index (κ3) is 3.61. The molecule has 0 amide bonds. The lowest BCUT2D eigenvalue weighted by atomic mass is 9.76. The van der Waals surface area contributed by atoms with Crippen LogP contribution in [0.5, 0.6) is 0 Å². The Bertz CT molecular complexity index is 370. The summed E-state index contributed by atoms with van der Waals surface area (Å²) in [5.74, 6) is 0. The normalized spacial score (nSPS) is 19.6. The van der Waals surface area contributed by atoms with Crippen LogP contribution in [0, 0.1) is 18.3 Å². The van der Waals surface area contributed by atoms with Gasteiger partial charge in [-0.3, -0.25) is 0 Å². The number of hydrogen-bond donors (Lipinski definition) is 0. The van der Waals surface area contributed by atoms with Crippen LogP contribution >= 0.6 is 0 Å². The van der Waals surface area contributed by atoms with Gasteiger partial charge < -0.3 is 4.90 Å². The Labute approximate surface area is 119 Å². The lowest BCUT2D eigenvalue weighted by Crippen LogP contribution is -2.38. The van der Waals surface area contributed by atoms with Crippen LogP contribution in [0.2, 0.25) is 0 Å². The molecule has 104 valence electrons. The smallest absolute Gasteiger partial charge is 0.00163 e. The van der Waals surface area contributed by atoms with Crippen LogP contribution in [0.3, 0.4) is 0 Å². The molecule has 1 aliphatic heterocycles. The molecule has 0 aromatic heterocycles. The van der Waals surface area contributed by atoms with Crippen molar-refractivity contribution in [2.75, 3.05) is 20.1 Å². The monoisotopic (exact) mass is 257 g/mol. The summed E-state index contributed by atoms with van der Waals surface area (Å²) in [7, 11) is 2.24. The van der Waals surface area contributed by atoms with Crippen LogP contribution < -0.4 is 0 Å². The second kappa shape index (κ2) is 7.36. The van der Waals surface area contributed by atoms with E-state index in [-0.39, 0.29) is 0 Å². The van der Waals surface area contributed by atoms with Crippen molar-refractivity contribution in [3.63, 3.8) is 0 Å². The SMILES string of the molecule is C#C.CC.CN1CCC2(CC1)Cc1ccccc1C2. The first-order valence-electron chi connectivity index (χ1n) is 7.36. The molecule has 0 radical (unpaired) electrons. The minimum atomic E-state index is 0.621. The Kier molecular flexibility index (Phi) is 6.12. The van der Waals surface area contributed by atoms with Gasteiger partial charge in [-0.25, -0.2) is 0 Å². The van der Waals surface area contributed by atoms with Gasteiger partial charge in [0.1, 0.15) is 0 Å². The summed E-state index contributed by atoms with van der Waals surface area (Å²) in [5, 5.41) is 0. The van der Waals surface area contributed by atoms with E-state index >= 15 is 0 Å². The van der Waals surface area contributed by atoms with Crippen LogP contribution in [0.15, 0.2) is 24.3 Å². The summed E-state index contributed by atoms with van der Waals surface area (Å²) < 4.78 is 0. The summed E-state index contributed by atoms with van der Waals surface area (Å²) in [6.07, 6.45) is 13.4. The maximum absolute atomic E-state index is 4.00. The first kappa shape index (κ1) is 15.8. The van der Waals surface area contributed by atoms with Gasteiger partial charge in [0.05, 0.1) is 0 Å². The Hall–Kier alpha value is -1.26. The third-order valence-corrected chi connectivity index (χ3v) is 4.30. The predicted molar refractivity (Wildman–Crippen MR) is 84.3 cm³/mol. The van der Waals surface area contributed by atoms with Gasteiger partial charge in [0.2, 0.25) is 0 Å². The zero-order chi connectivity index (χ0) is 14.3. The van der Waals surface area contributed by atoms with Crippen molar-refractivity contribution in [1.29, 1.82) is 0 Å². The van der Waals surface area contributed by atoms with Crippen molar-refractivity contribution >= 4 is 0 Å². The molecule has 0 saturated carbocycles. The molecule has 19 heavy (non-hydrogen) atoms. The van der Waals surface area contributed by atoms with E-state index in [4.69, 9.17) is 0 Å². The molecule has 1 aliphatic carbocycles. The molecule has 1 heterocycles. The summed E-state index contributed by atoms with van der Waals surface area (Å²) in [5.41, 5.74) is 3.85. The molecule has 1 aromatic rings. The second-order valence-electron chi connectivity index (χ2n) is 5.43.